The predicted octanol–water partition coefficient (Wildman–Crippen LogP) is 2.74. The summed E-state index contributed by atoms with van der Waals surface area (Å²) >= 11 is 5.81. The maximum absolute atomic E-state index is 5.81. The van der Waals surface area contributed by atoms with Gasteiger partial charge in [0, 0.05) is 11.2 Å². The maximum Gasteiger partial charge on any atom is 0.132 e. The Morgan fingerprint density at radius 3 is 3.07 bits per heavy atom. The second kappa shape index (κ2) is 5.93. The Morgan fingerprint density at radius 1 is 1.67 bits per heavy atom. The van der Waals surface area contributed by atoms with Crippen molar-refractivity contribution in [3.05, 3.63) is 35.2 Å². The summed E-state index contributed by atoms with van der Waals surface area (Å²) in [6.45, 7) is 5.15. The Kier molecular flexibility index (Phi) is 4.50. The summed E-state index contributed by atoms with van der Waals surface area (Å²) in [5.74, 6) is 1.27. The zero-order chi connectivity index (χ0) is 11.1. The minimum Gasteiger partial charge on any atom is -0.325 e. The third kappa shape index (κ3) is 3.91. The standard InChI is InChI=1S/C10H11ClN4/c1-3-9(14-7-12-2)15-10-6-8(11)4-5-13-10/h3-7H,2H2,1H3,(H,13,15)/b9-3+,14-7?. The smallest absolute Gasteiger partial charge is 0.132 e. The molecule has 1 heterocycles. The van der Waals surface area contributed by atoms with E-state index in [1.807, 2.05) is 6.92 Å². The van der Waals surface area contributed by atoms with Gasteiger partial charge in [-0.15, -0.1) is 0 Å². The molecule has 0 bridgehead atoms. The number of rotatable bonds is 4. The fourth-order valence-corrected chi connectivity index (χ4v) is 1.05. The summed E-state index contributed by atoms with van der Waals surface area (Å²) < 4.78 is 0. The molecule has 1 rings (SSSR count). The van der Waals surface area contributed by atoms with Crippen LogP contribution in [0.5, 0.6) is 0 Å². The van der Waals surface area contributed by atoms with Crippen LogP contribution in [-0.2, 0) is 0 Å². The SMILES string of the molecule is C=NC=N/C(=C\C)Nc1cc(Cl)ccn1. The van der Waals surface area contributed by atoms with E-state index in [4.69, 9.17) is 11.6 Å². The van der Waals surface area contributed by atoms with Crippen LogP contribution < -0.4 is 5.32 Å². The molecular weight excluding hydrogens is 212 g/mol. The fraction of sp³-hybridized carbons (Fsp3) is 0.100. The van der Waals surface area contributed by atoms with Gasteiger partial charge >= 0.3 is 0 Å². The van der Waals surface area contributed by atoms with Gasteiger partial charge in [-0.3, -0.25) is 4.99 Å². The van der Waals surface area contributed by atoms with Gasteiger partial charge in [0.15, 0.2) is 0 Å². The summed E-state index contributed by atoms with van der Waals surface area (Å²) in [6, 6.07) is 3.42. The number of hydrogen-bond acceptors (Lipinski definition) is 3. The topological polar surface area (TPSA) is 49.6 Å². The maximum atomic E-state index is 5.81. The lowest BCUT2D eigenvalue weighted by Crippen LogP contribution is -1.98. The van der Waals surface area contributed by atoms with E-state index in [2.05, 4.69) is 27.0 Å². The Morgan fingerprint density at radius 2 is 2.47 bits per heavy atom. The van der Waals surface area contributed by atoms with Crippen LogP contribution in [0.2, 0.25) is 5.02 Å². The number of allylic oxidation sites excluding steroid dienone is 1. The minimum atomic E-state index is 0.619. The first-order valence-corrected chi connectivity index (χ1v) is 4.67. The van der Waals surface area contributed by atoms with Gasteiger partial charge in [0.1, 0.15) is 18.0 Å². The molecule has 0 saturated carbocycles. The highest BCUT2D eigenvalue weighted by Crippen LogP contribution is 2.13. The van der Waals surface area contributed by atoms with E-state index < -0.39 is 0 Å². The Balaban J connectivity index is 2.76. The van der Waals surface area contributed by atoms with Gasteiger partial charge in [-0.1, -0.05) is 11.6 Å². The predicted molar refractivity (Wildman–Crippen MR) is 64.7 cm³/mol. The highest BCUT2D eigenvalue weighted by Gasteiger charge is 1.96. The first-order chi connectivity index (χ1) is 7.26. The van der Waals surface area contributed by atoms with Gasteiger partial charge in [0.25, 0.3) is 0 Å². The molecule has 4 nitrogen and oxygen atoms in total. The molecule has 1 aromatic rings. The summed E-state index contributed by atoms with van der Waals surface area (Å²) in [5, 5.41) is 3.60. The van der Waals surface area contributed by atoms with Gasteiger partial charge in [-0.2, -0.15) is 0 Å². The van der Waals surface area contributed by atoms with E-state index in [0.717, 1.165) is 0 Å². The second-order valence-electron chi connectivity index (χ2n) is 2.59. The first-order valence-electron chi connectivity index (χ1n) is 4.29. The normalized spacial score (nSPS) is 11.7. The Hall–Kier alpha value is -1.68. The van der Waals surface area contributed by atoms with Crippen molar-refractivity contribution in [3.8, 4) is 0 Å². The average Bonchev–Trinajstić information content (AvgIpc) is 2.24. The van der Waals surface area contributed by atoms with Gasteiger partial charge in [-0.05, 0) is 31.9 Å². The van der Waals surface area contributed by atoms with Gasteiger partial charge in [0.2, 0.25) is 0 Å². The van der Waals surface area contributed by atoms with Gasteiger partial charge < -0.3 is 5.32 Å². The van der Waals surface area contributed by atoms with E-state index in [9.17, 15) is 0 Å². The molecule has 78 valence electrons. The number of nitrogens with zero attached hydrogens (tertiary/aromatic N) is 3. The molecule has 0 aliphatic heterocycles. The minimum absolute atomic E-state index is 0.619. The molecule has 0 aromatic carbocycles. The molecule has 1 aromatic heterocycles. The Labute approximate surface area is 93.4 Å². The van der Waals surface area contributed by atoms with Crippen molar-refractivity contribution in [2.45, 2.75) is 6.92 Å². The van der Waals surface area contributed by atoms with Crippen LogP contribution in [-0.4, -0.2) is 18.0 Å². The van der Waals surface area contributed by atoms with Crippen molar-refractivity contribution in [1.29, 1.82) is 0 Å². The van der Waals surface area contributed by atoms with Crippen LogP contribution in [0.4, 0.5) is 5.82 Å². The highest BCUT2D eigenvalue weighted by molar-refractivity contribution is 6.30. The number of aliphatic imine (C=N–C) groups is 2. The van der Waals surface area contributed by atoms with Crippen LogP contribution in [0.25, 0.3) is 0 Å². The van der Waals surface area contributed by atoms with Crippen LogP contribution in [0.1, 0.15) is 6.92 Å². The van der Waals surface area contributed by atoms with Crippen molar-refractivity contribution in [3.63, 3.8) is 0 Å². The van der Waals surface area contributed by atoms with E-state index >= 15 is 0 Å². The van der Waals surface area contributed by atoms with Crippen LogP contribution >= 0.6 is 11.6 Å². The molecule has 0 atom stereocenters. The van der Waals surface area contributed by atoms with E-state index in [1.54, 1.807) is 24.4 Å². The van der Waals surface area contributed by atoms with Crippen molar-refractivity contribution >= 4 is 30.5 Å². The third-order valence-corrected chi connectivity index (χ3v) is 1.77. The van der Waals surface area contributed by atoms with E-state index in [1.165, 1.54) is 6.34 Å². The molecule has 15 heavy (non-hydrogen) atoms. The zero-order valence-electron chi connectivity index (χ0n) is 8.31. The van der Waals surface area contributed by atoms with Crippen LogP contribution in [0, 0.1) is 0 Å². The molecule has 0 fully saturated rings. The lowest BCUT2D eigenvalue weighted by Gasteiger charge is -2.04. The molecule has 0 saturated heterocycles. The molecule has 0 spiro atoms. The first kappa shape index (κ1) is 11.4. The van der Waals surface area contributed by atoms with E-state index in [0.29, 0.717) is 16.7 Å². The number of hydrogen-bond donors (Lipinski definition) is 1. The number of halogens is 1. The second-order valence-corrected chi connectivity index (χ2v) is 3.02. The van der Waals surface area contributed by atoms with E-state index in [-0.39, 0.29) is 0 Å². The van der Waals surface area contributed by atoms with Crippen molar-refractivity contribution < 1.29 is 0 Å². The number of pyridine rings is 1. The quantitative estimate of drug-likeness (QED) is 0.629. The lowest BCUT2D eigenvalue weighted by molar-refractivity contribution is 1.22. The third-order valence-electron chi connectivity index (χ3n) is 1.53. The van der Waals surface area contributed by atoms with Crippen LogP contribution in [0.15, 0.2) is 40.2 Å². The highest BCUT2D eigenvalue weighted by atomic mass is 35.5. The van der Waals surface area contributed by atoms with Crippen molar-refractivity contribution in [2.75, 3.05) is 5.32 Å². The summed E-state index contributed by atoms with van der Waals surface area (Å²) in [4.78, 5) is 11.6. The Bertz CT molecular complexity index is 398. The van der Waals surface area contributed by atoms with Crippen LogP contribution in [0.3, 0.4) is 0 Å². The van der Waals surface area contributed by atoms with Crippen molar-refractivity contribution in [2.24, 2.45) is 9.98 Å². The number of aromatic nitrogens is 1. The molecule has 1 N–H and O–H groups in total. The van der Waals surface area contributed by atoms with Crippen molar-refractivity contribution in [1.82, 2.24) is 4.98 Å². The lowest BCUT2D eigenvalue weighted by atomic mass is 10.4. The molecule has 0 unspecified atom stereocenters. The largest absolute Gasteiger partial charge is 0.325 e. The number of nitrogens with one attached hydrogen (secondary N) is 1. The summed E-state index contributed by atoms with van der Waals surface area (Å²) in [6.07, 6.45) is 4.77. The molecule has 5 heteroatoms. The summed E-state index contributed by atoms with van der Waals surface area (Å²) in [7, 11) is 0. The number of anilines is 1. The average molecular weight is 223 g/mol. The fourth-order valence-electron chi connectivity index (χ4n) is 0.886. The zero-order valence-corrected chi connectivity index (χ0v) is 9.07. The monoisotopic (exact) mass is 222 g/mol. The summed E-state index contributed by atoms with van der Waals surface area (Å²) in [5.41, 5.74) is 0. The van der Waals surface area contributed by atoms with Gasteiger partial charge in [-0.25, -0.2) is 9.98 Å². The molecule has 0 aliphatic carbocycles. The molecular formula is C10H11ClN4. The molecule has 0 radical (unpaired) electrons. The molecule has 0 amide bonds. The van der Waals surface area contributed by atoms with Gasteiger partial charge in [0.05, 0.1) is 0 Å². The molecule has 0 aliphatic rings.